The molecule has 0 atom stereocenters. The average molecular weight is 335 g/mol. The number of rotatable bonds is 10. The Morgan fingerprint density at radius 2 is 1.35 bits per heavy atom. The van der Waals surface area contributed by atoms with E-state index in [0.717, 1.165) is 38.5 Å². The van der Waals surface area contributed by atoms with Crippen molar-refractivity contribution >= 4 is 12.0 Å². The summed E-state index contributed by atoms with van der Waals surface area (Å²) >= 11 is 0. The number of hydrogen-bond donors (Lipinski definition) is 0. The third-order valence-corrected chi connectivity index (χ3v) is 4.90. The number of likely N-dealkylation sites (tertiary alicyclic amines) is 1. The number of nitrogens with zero attached hydrogens (tertiary/aromatic N) is 1. The van der Waals surface area contributed by atoms with Gasteiger partial charge in [0, 0.05) is 0 Å². The Hall–Kier alpha value is 0.100. The second kappa shape index (κ2) is 13.4. The van der Waals surface area contributed by atoms with Crippen LogP contribution in [0.4, 0.5) is 4.79 Å². The van der Waals surface area contributed by atoms with Crippen LogP contribution in [0.1, 0.15) is 91.8 Å². The molecule has 0 aromatic carbocycles. The zero-order valence-corrected chi connectivity index (χ0v) is 17.3. The minimum atomic E-state index is -1.19. The zero-order chi connectivity index (χ0) is 16.3. The van der Waals surface area contributed by atoms with Crippen LogP contribution in [0.25, 0.3) is 0 Å². The van der Waals surface area contributed by atoms with Gasteiger partial charge >= 0.3 is 35.5 Å². The van der Waals surface area contributed by atoms with E-state index in [1.165, 1.54) is 38.5 Å². The number of quaternary nitrogens is 1. The predicted molar refractivity (Wildman–Crippen MR) is 87.2 cm³/mol. The van der Waals surface area contributed by atoms with Gasteiger partial charge in [0.25, 0.3) is 6.09 Å². The molecule has 2 amide bonds. The van der Waals surface area contributed by atoms with E-state index in [9.17, 15) is 14.7 Å². The third kappa shape index (κ3) is 8.15. The van der Waals surface area contributed by atoms with E-state index in [2.05, 4.69) is 6.92 Å². The fourth-order valence-electron chi connectivity index (χ4n) is 3.39. The monoisotopic (exact) mass is 335 g/mol. The molecule has 0 N–H and O–H groups in total. The fraction of sp³-hybridized carbons (Fsp3) is 0.889. The molecule has 4 nitrogen and oxygen atoms in total. The van der Waals surface area contributed by atoms with Gasteiger partial charge in [-0.1, -0.05) is 58.3 Å². The summed E-state index contributed by atoms with van der Waals surface area (Å²) in [7, 11) is 0. The van der Waals surface area contributed by atoms with Crippen LogP contribution >= 0.6 is 0 Å². The number of carbonyl (C=O) groups excluding carboxylic acids is 2. The molecule has 0 aliphatic carbocycles. The van der Waals surface area contributed by atoms with Crippen LogP contribution in [-0.4, -0.2) is 29.6 Å². The predicted octanol–water partition coefficient (Wildman–Crippen LogP) is 0.894. The van der Waals surface area contributed by atoms with Crippen molar-refractivity contribution in [2.75, 3.05) is 13.1 Å². The number of carboxylic acid groups (broad SMARTS) is 1. The summed E-state index contributed by atoms with van der Waals surface area (Å²) in [6.45, 7) is 3.08. The van der Waals surface area contributed by atoms with Crippen LogP contribution in [0.5, 0.6) is 0 Å². The molecule has 0 aromatic heterocycles. The second-order valence-corrected chi connectivity index (χ2v) is 6.71. The summed E-state index contributed by atoms with van der Waals surface area (Å²) in [5.74, 6) is -0.136. The topological polar surface area (TPSA) is 57.2 Å². The minimum Gasteiger partial charge on any atom is -1.00 e. The van der Waals surface area contributed by atoms with Crippen molar-refractivity contribution in [3.05, 3.63) is 0 Å². The number of amides is 2. The van der Waals surface area contributed by atoms with E-state index in [1.54, 1.807) is 0 Å². The van der Waals surface area contributed by atoms with E-state index in [4.69, 9.17) is 0 Å². The number of piperidine rings is 1. The van der Waals surface area contributed by atoms with Crippen LogP contribution in [0.15, 0.2) is 0 Å². The van der Waals surface area contributed by atoms with Gasteiger partial charge in [0.05, 0.1) is 19.5 Å². The molecule has 130 valence electrons. The fourth-order valence-corrected chi connectivity index (χ4v) is 3.39. The van der Waals surface area contributed by atoms with Crippen molar-refractivity contribution in [3.63, 3.8) is 0 Å². The van der Waals surface area contributed by atoms with Gasteiger partial charge in [0.15, 0.2) is 0 Å². The second-order valence-electron chi connectivity index (χ2n) is 6.71. The van der Waals surface area contributed by atoms with Gasteiger partial charge in [0.1, 0.15) is 0 Å². The van der Waals surface area contributed by atoms with Crippen molar-refractivity contribution in [2.45, 2.75) is 90.4 Å². The molecule has 23 heavy (non-hydrogen) atoms. The first-order chi connectivity index (χ1) is 10.6. The number of imide groups is 1. The molecule has 0 spiro atoms. The maximum atomic E-state index is 12.3. The molecule has 0 bridgehead atoms. The van der Waals surface area contributed by atoms with Crippen molar-refractivity contribution < 1.29 is 50.2 Å². The molecule has 0 aromatic rings. The summed E-state index contributed by atoms with van der Waals surface area (Å²) in [6, 6.07) is 0. The van der Waals surface area contributed by atoms with Crippen LogP contribution < -0.4 is 34.7 Å². The summed E-state index contributed by atoms with van der Waals surface area (Å²) in [5, 5.41) is 11.4. The van der Waals surface area contributed by atoms with Gasteiger partial charge < -0.3 is 11.3 Å². The molecule has 0 radical (unpaired) electrons. The normalized spacial score (nSPS) is 16.6. The van der Waals surface area contributed by atoms with E-state index in [0.29, 0.717) is 19.5 Å². The van der Waals surface area contributed by atoms with Gasteiger partial charge in [-0.2, -0.15) is 0 Å². The molecule has 1 heterocycles. The van der Waals surface area contributed by atoms with Gasteiger partial charge in [-0.25, -0.2) is 9.28 Å². The van der Waals surface area contributed by atoms with Crippen molar-refractivity contribution in [2.24, 2.45) is 0 Å². The summed E-state index contributed by atoms with van der Waals surface area (Å²) < 4.78 is -0.420. The molecule has 1 fully saturated rings. The van der Waals surface area contributed by atoms with Gasteiger partial charge in [-0.15, -0.1) is 0 Å². The first-order valence-corrected chi connectivity index (χ1v) is 9.25. The zero-order valence-electron chi connectivity index (χ0n) is 16.3. The number of unbranched alkanes of at least 4 members (excludes halogenated alkanes) is 8. The first kappa shape index (κ1) is 23.1. The summed E-state index contributed by atoms with van der Waals surface area (Å²) in [5.41, 5.74) is 0. The number of hydrogen-bond acceptors (Lipinski definition) is 3. The Morgan fingerprint density at radius 3 is 1.83 bits per heavy atom. The third-order valence-electron chi connectivity index (χ3n) is 4.90. The standard InChI is InChI=1S/C18H33NO3.Na.H/c1-2-3-4-5-6-7-8-9-11-14-17(20)19(18(21)22)15-12-10-13-16-19;;/h2-16H2,1H3;;/q;+1;-1. The van der Waals surface area contributed by atoms with Crippen molar-refractivity contribution in [1.29, 1.82) is 0 Å². The van der Waals surface area contributed by atoms with Crippen LogP contribution in [0.3, 0.4) is 0 Å². The van der Waals surface area contributed by atoms with E-state index in [1.807, 2.05) is 0 Å². The first-order valence-electron chi connectivity index (χ1n) is 9.25. The molecular weight excluding hydrogens is 301 g/mol. The molecule has 0 saturated carbocycles. The van der Waals surface area contributed by atoms with Crippen molar-refractivity contribution in [3.8, 4) is 0 Å². The van der Waals surface area contributed by atoms with E-state index < -0.39 is 10.6 Å². The molecule has 1 aliphatic rings. The van der Waals surface area contributed by atoms with Crippen molar-refractivity contribution in [1.82, 2.24) is 0 Å². The molecule has 1 saturated heterocycles. The molecule has 5 heteroatoms. The van der Waals surface area contributed by atoms with Gasteiger partial charge in [-0.05, 0) is 25.7 Å². The van der Waals surface area contributed by atoms with Gasteiger partial charge in [-0.3, -0.25) is 0 Å². The Bertz CT molecular complexity index is 347. The Morgan fingerprint density at radius 1 is 0.870 bits per heavy atom. The van der Waals surface area contributed by atoms with Gasteiger partial charge in [0.2, 0.25) is 0 Å². The molecule has 0 unspecified atom stereocenters. The Labute approximate surface area is 165 Å². The SMILES string of the molecule is CCCCCCCCCCCC(=O)[N+]1(C(=O)[O-])CCCCC1.[H-].[Na+]. The maximum absolute atomic E-state index is 12.3. The number of carbonyl (C=O) groups is 2. The van der Waals surface area contributed by atoms with Crippen LogP contribution in [0, 0.1) is 0 Å². The summed E-state index contributed by atoms with van der Waals surface area (Å²) in [4.78, 5) is 23.7. The maximum Gasteiger partial charge on any atom is 1.00 e. The smallest absolute Gasteiger partial charge is 1.00 e. The largest absolute Gasteiger partial charge is 1.00 e. The summed E-state index contributed by atoms with van der Waals surface area (Å²) in [6.07, 6.45) is 12.7. The van der Waals surface area contributed by atoms with Crippen LogP contribution in [0.2, 0.25) is 0 Å². The Balaban J connectivity index is 0. The molecular formula is C18H34NNaO3. The van der Waals surface area contributed by atoms with E-state index in [-0.39, 0.29) is 36.9 Å². The van der Waals surface area contributed by atoms with Crippen LogP contribution in [-0.2, 0) is 4.79 Å². The quantitative estimate of drug-likeness (QED) is 0.338. The average Bonchev–Trinajstić information content (AvgIpc) is 2.53. The molecule has 1 aliphatic heterocycles. The minimum absolute atomic E-state index is 0. The van der Waals surface area contributed by atoms with E-state index >= 15 is 0 Å². The Kier molecular flexibility index (Phi) is 13.5. The molecule has 1 rings (SSSR count).